The van der Waals surface area contributed by atoms with Crippen LogP contribution in [0.1, 0.15) is 24.1 Å². The molecule has 24 heavy (non-hydrogen) atoms. The molecule has 0 radical (unpaired) electrons. The lowest BCUT2D eigenvalue weighted by atomic mass is 9.79. The van der Waals surface area contributed by atoms with Crippen molar-refractivity contribution in [1.82, 2.24) is 10.3 Å². The molecule has 1 aliphatic rings. The molecule has 0 spiro atoms. The second-order valence-corrected chi connectivity index (χ2v) is 6.48. The molecule has 3 rings (SSSR count). The van der Waals surface area contributed by atoms with E-state index in [9.17, 15) is 9.59 Å². The molecule has 6 nitrogen and oxygen atoms in total. The van der Waals surface area contributed by atoms with Crippen LogP contribution < -0.4 is 11.1 Å². The van der Waals surface area contributed by atoms with Crippen molar-refractivity contribution in [3.05, 3.63) is 35.5 Å². The first-order chi connectivity index (χ1) is 11.5. The Hall–Kier alpha value is -2.34. The highest BCUT2D eigenvalue weighted by Gasteiger charge is 2.38. The maximum atomic E-state index is 12.4. The molecule has 1 aliphatic heterocycles. The summed E-state index contributed by atoms with van der Waals surface area (Å²) >= 11 is 0. The summed E-state index contributed by atoms with van der Waals surface area (Å²) in [5.41, 5.74) is 7.88. The van der Waals surface area contributed by atoms with Gasteiger partial charge in [0.25, 0.3) is 0 Å². The first kappa shape index (κ1) is 16.5. The minimum Gasteiger partial charge on any atom is -0.381 e. The molecule has 1 aromatic heterocycles. The SMILES string of the molecule is Cc1[nH]c2ccccc2c1CC(=O)NCC1(C(N)=O)CCOCC1. The van der Waals surface area contributed by atoms with Gasteiger partial charge < -0.3 is 20.8 Å². The topological polar surface area (TPSA) is 97.2 Å². The number of nitrogens with one attached hydrogen (secondary N) is 2. The van der Waals surface area contributed by atoms with Crippen LogP contribution in [0.25, 0.3) is 10.9 Å². The molecule has 2 amide bonds. The number of carbonyl (C=O) groups is 2. The molecular weight excluding hydrogens is 306 g/mol. The van der Waals surface area contributed by atoms with Crippen LogP contribution in [0.4, 0.5) is 0 Å². The predicted octanol–water partition coefficient (Wildman–Crippen LogP) is 1.42. The summed E-state index contributed by atoms with van der Waals surface area (Å²) in [5.74, 6) is -0.468. The lowest BCUT2D eigenvalue weighted by Gasteiger charge is -2.34. The molecule has 4 N–H and O–H groups in total. The van der Waals surface area contributed by atoms with Crippen molar-refractivity contribution in [2.45, 2.75) is 26.2 Å². The van der Waals surface area contributed by atoms with Crippen molar-refractivity contribution >= 4 is 22.7 Å². The molecule has 0 atom stereocenters. The van der Waals surface area contributed by atoms with Crippen LogP contribution in [0, 0.1) is 12.3 Å². The van der Waals surface area contributed by atoms with Crippen LogP contribution in [-0.4, -0.2) is 36.6 Å². The maximum absolute atomic E-state index is 12.4. The Morgan fingerprint density at radius 3 is 2.71 bits per heavy atom. The van der Waals surface area contributed by atoms with Crippen LogP contribution in [0.5, 0.6) is 0 Å². The zero-order valence-electron chi connectivity index (χ0n) is 13.9. The van der Waals surface area contributed by atoms with Crippen molar-refractivity contribution in [2.24, 2.45) is 11.1 Å². The summed E-state index contributed by atoms with van der Waals surface area (Å²) in [6.45, 7) is 3.23. The second kappa shape index (κ2) is 6.65. The van der Waals surface area contributed by atoms with Crippen LogP contribution in [-0.2, 0) is 20.7 Å². The quantitative estimate of drug-likeness (QED) is 0.774. The van der Waals surface area contributed by atoms with Gasteiger partial charge in [-0.05, 0) is 31.4 Å². The van der Waals surface area contributed by atoms with Gasteiger partial charge in [-0.1, -0.05) is 18.2 Å². The van der Waals surface area contributed by atoms with Gasteiger partial charge in [-0.3, -0.25) is 9.59 Å². The van der Waals surface area contributed by atoms with Gasteiger partial charge in [-0.15, -0.1) is 0 Å². The molecule has 0 unspecified atom stereocenters. The Bertz CT molecular complexity index is 760. The number of hydrogen-bond acceptors (Lipinski definition) is 3. The Kier molecular flexibility index (Phi) is 4.57. The number of amides is 2. The van der Waals surface area contributed by atoms with E-state index < -0.39 is 5.41 Å². The van der Waals surface area contributed by atoms with Crippen LogP contribution >= 0.6 is 0 Å². The van der Waals surface area contributed by atoms with E-state index in [0.29, 0.717) is 26.1 Å². The van der Waals surface area contributed by atoms with Gasteiger partial charge in [0.2, 0.25) is 11.8 Å². The first-order valence-corrected chi connectivity index (χ1v) is 8.22. The number of benzene rings is 1. The molecule has 2 heterocycles. The number of hydrogen-bond donors (Lipinski definition) is 3. The van der Waals surface area contributed by atoms with Crippen LogP contribution in [0.15, 0.2) is 24.3 Å². The van der Waals surface area contributed by atoms with E-state index in [-0.39, 0.29) is 24.8 Å². The smallest absolute Gasteiger partial charge is 0.225 e. The zero-order valence-corrected chi connectivity index (χ0v) is 13.9. The minimum atomic E-state index is -0.691. The fraction of sp³-hybridized carbons (Fsp3) is 0.444. The van der Waals surface area contributed by atoms with Crippen LogP contribution in [0.2, 0.25) is 0 Å². The van der Waals surface area contributed by atoms with Crippen LogP contribution in [0.3, 0.4) is 0 Å². The standard InChI is InChI=1S/C18H23N3O3/c1-12-14(13-4-2-3-5-15(13)21-12)10-16(22)20-11-18(17(19)23)6-8-24-9-7-18/h2-5,21H,6-11H2,1H3,(H2,19,23)(H,20,22). The van der Waals surface area contributed by atoms with E-state index in [4.69, 9.17) is 10.5 Å². The second-order valence-electron chi connectivity index (χ2n) is 6.48. The normalized spacial score (nSPS) is 16.9. The summed E-state index contributed by atoms with van der Waals surface area (Å²) in [4.78, 5) is 27.5. The number of aromatic amines is 1. The Morgan fingerprint density at radius 1 is 1.29 bits per heavy atom. The number of aryl methyl sites for hydroxylation is 1. The van der Waals surface area contributed by atoms with Gasteiger partial charge in [0.15, 0.2) is 0 Å². The highest BCUT2D eigenvalue weighted by atomic mass is 16.5. The Labute approximate surface area is 140 Å². The molecule has 0 aliphatic carbocycles. The highest BCUT2D eigenvalue weighted by molar-refractivity contribution is 5.90. The molecular formula is C18H23N3O3. The van der Waals surface area contributed by atoms with E-state index >= 15 is 0 Å². The number of H-pyrrole nitrogens is 1. The molecule has 1 aromatic carbocycles. The number of primary amides is 1. The summed E-state index contributed by atoms with van der Waals surface area (Å²) in [7, 11) is 0. The third-order valence-corrected chi connectivity index (χ3v) is 4.96. The predicted molar refractivity (Wildman–Crippen MR) is 91.4 cm³/mol. The van der Waals surface area contributed by atoms with Gasteiger partial charge in [0.1, 0.15) is 0 Å². The third-order valence-electron chi connectivity index (χ3n) is 4.96. The number of aromatic nitrogens is 1. The van der Waals surface area contributed by atoms with Crippen molar-refractivity contribution < 1.29 is 14.3 Å². The molecule has 0 bridgehead atoms. The van der Waals surface area contributed by atoms with Gasteiger partial charge in [0, 0.05) is 36.4 Å². The van der Waals surface area contributed by atoms with Gasteiger partial charge >= 0.3 is 0 Å². The molecule has 2 aromatic rings. The molecule has 0 saturated carbocycles. The Balaban J connectivity index is 1.69. The first-order valence-electron chi connectivity index (χ1n) is 8.22. The van der Waals surface area contributed by atoms with Gasteiger partial charge in [-0.2, -0.15) is 0 Å². The average molecular weight is 329 g/mol. The van der Waals surface area contributed by atoms with Gasteiger partial charge in [-0.25, -0.2) is 0 Å². The van der Waals surface area contributed by atoms with Crippen molar-refractivity contribution in [1.29, 1.82) is 0 Å². The molecule has 1 saturated heterocycles. The minimum absolute atomic E-state index is 0.102. The highest BCUT2D eigenvalue weighted by Crippen LogP contribution is 2.29. The molecule has 1 fully saturated rings. The number of ether oxygens (including phenoxy) is 1. The molecule has 128 valence electrons. The zero-order chi connectivity index (χ0) is 17.2. The number of rotatable bonds is 5. The van der Waals surface area contributed by atoms with E-state index in [1.165, 1.54) is 0 Å². The average Bonchev–Trinajstić information content (AvgIpc) is 2.89. The maximum Gasteiger partial charge on any atom is 0.225 e. The van der Waals surface area contributed by atoms with E-state index in [2.05, 4.69) is 10.3 Å². The fourth-order valence-corrected chi connectivity index (χ4v) is 3.33. The molecule has 6 heteroatoms. The fourth-order valence-electron chi connectivity index (χ4n) is 3.33. The summed E-state index contributed by atoms with van der Waals surface area (Å²) in [6.07, 6.45) is 1.38. The lowest BCUT2D eigenvalue weighted by molar-refractivity contribution is -0.133. The largest absolute Gasteiger partial charge is 0.381 e. The van der Waals surface area contributed by atoms with Crippen molar-refractivity contribution in [3.63, 3.8) is 0 Å². The summed E-state index contributed by atoms with van der Waals surface area (Å²) in [5, 5.41) is 3.95. The monoisotopic (exact) mass is 329 g/mol. The van der Waals surface area contributed by atoms with Gasteiger partial charge in [0.05, 0.1) is 11.8 Å². The van der Waals surface area contributed by atoms with Crippen molar-refractivity contribution in [2.75, 3.05) is 19.8 Å². The lowest BCUT2D eigenvalue weighted by Crippen LogP contribution is -2.49. The third kappa shape index (κ3) is 3.14. The summed E-state index contributed by atoms with van der Waals surface area (Å²) < 4.78 is 5.31. The van der Waals surface area contributed by atoms with E-state index in [1.807, 2.05) is 31.2 Å². The van der Waals surface area contributed by atoms with E-state index in [0.717, 1.165) is 22.2 Å². The van der Waals surface area contributed by atoms with E-state index in [1.54, 1.807) is 0 Å². The summed E-state index contributed by atoms with van der Waals surface area (Å²) in [6, 6.07) is 7.92. The number of para-hydroxylation sites is 1. The number of fused-ring (bicyclic) bond motifs is 1. The van der Waals surface area contributed by atoms with Crippen molar-refractivity contribution in [3.8, 4) is 0 Å². The number of nitrogens with two attached hydrogens (primary N) is 1. The number of carbonyl (C=O) groups excluding carboxylic acids is 2. The Morgan fingerprint density at radius 2 is 2.00 bits per heavy atom.